The van der Waals surface area contributed by atoms with Crippen molar-refractivity contribution >= 4 is 5.71 Å². The third-order valence-electron chi connectivity index (χ3n) is 3.32. The van der Waals surface area contributed by atoms with Gasteiger partial charge in [0.2, 0.25) is 0 Å². The van der Waals surface area contributed by atoms with Crippen LogP contribution in [0.1, 0.15) is 53.4 Å². The lowest BCUT2D eigenvalue weighted by Gasteiger charge is -2.25. The molecule has 0 amide bonds. The molecule has 5 nitrogen and oxygen atoms in total. The molecule has 132 valence electrons. The van der Waals surface area contributed by atoms with E-state index in [1.54, 1.807) is 0 Å². The number of rotatable bonds is 10. The minimum Gasteiger partial charge on any atom is -0.394 e. The van der Waals surface area contributed by atoms with Gasteiger partial charge >= 0.3 is 0 Å². The van der Waals surface area contributed by atoms with Gasteiger partial charge in [0.1, 0.15) is 0 Å². The van der Waals surface area contributed by atoms with Crippen molar-refractivity contribution in [2.45, 2.75) is 65.0 Å². The molecule has 5 heteroatoms. The maximum atomic E-state index is 8.90. The molecular formula is C18H33N3O2. The predicted molar refractivity (Wildman–Crippen MR) is 96.5 cm³/mol. The SMILES string of the molecule is CCC=C(NCCCC1=NC=CCC1OCCO)NC(C)(C)C. The van der Waals surface area contributed by atoms with Gasteiger partial charge in [-0.05, 0) is 52.5 Å². The van der Waals surface area contributed by atoms with Crippen LogP contribution < -0.4 is 10.6 Å². The fraction of sp³-hybridized carbons (Fsp3) is 0.722. The van der Waals surface area contributed by atoms with Crippen LogP contribution in [0.15, 0.2) is 29.2 Å². The largest absolute Gasteiger partial charge is 0.394 e. The first kappa shape index (κ1) is 19.7. The summed E-state index contributed by atoms with van der Waals surface area (Å²) in [6.07, 6.45) is 9.81. The average molecular weight is 323 g/mol. The topological polar surface area (TPSA) is 65.9 Å². The summed E-state index contributed by atoms with van der Waals surface area (Å²) in [5.74, 6) is 1.10. The predicted octanol–water partition coefficient (Wildman–Crippen LogP) is 2.73. The van der Waals surface area contributed by atoms with E-state index >= 15 is 0 Å². The Labute approximate surface area is 140 Å². The van der Waals surface area contributed by atoms with E-state index in [1.807, 2.05) is 12.3 Å². The summed E-state index contributed by atoms with van der Waals surface area (Å²) in [6.45, 7) is 9.93. The van der Waals surface area contributed by atoms with Crippen LogP contribution >= 0.6 is 0 Å². The number of aliphatic hydroxyl groups excluding tert-OH is 1. The summed E-state index contributed by atoms with van der Waals surface area (Å²) in [4.78, 5) is 4.45. The molecule has 0 bridgehead atoms. The van der Waals surface area contributed by atoms with Crippen molar-refractivity contribution in [1.82, 2.24) is 10.6 Å². The lowest BCUT2D eigenvalue weighted by atomic mass is 10.0. The number of nitrogens with one attached hydrogen (secondary N) is 2. The Morgan fingerprint density at radius 3 is 2.91 bits per heavy atom. The summed E-state index contributed by atoms with van der Waals surface area (Å²) >= 11 is 0. The van der Waals surface area contributed by atoms with E-state index in [0.29, 0.717) is 6.61 Å². The van der Waals surface area contributed by atoms with Crippen LogP contribution in [0, 0.1) is 0 Å². The standard InChI is InChI=1S/C18H33N3O2/c1-5-8-17(21-18(2,3)4)20-12-6-9-15-16(23-14-13-22)10-7-11-19-15/h7-8,11,16,20-22H,5-6,9-10,12-14H2,1-4H3. The number of nitrogens with zero attached hydrogens (tertiary/aromatic N) is 1. The first-order valence-electron chi connectivity index (χ1n) is 8.62. The molecule has 0 aromatic rings. The lowest BCUT2D eigenvalue weighted by Crippen LogP contribution is -2.40. The van der Waals surface area contributed by atoms with Crippen LogP contribution in [0.25, 0.3) is 0 Å². The molecule has 0 saturated carbocycles. The van der Waals surface area contributed by atoms with Crippen LogP contribution in [0.4, 0.5) is 0 Å². The highest BCUT2D eigenvalue weighted by Crippen LogP contribution is 2.13. The van der Waals surface area contributed by atoms with Crippen LogP contribution in [0.3, 0.4) is 0 Å². The van der Waals surface area contributed by atoms with Gasteiger partial charge in [0.05, 0.1) is 25.1 Å². The van der Waals surface area contributed by atoms with Gasteiger partial charge < -0.3 is 20.5 Å². The van der Waals surface area contributed by atoms with Gasteiger partial charge in [-0.1, -0.05) is 13.0 Å². The molecule has 0 aliphatic carbocycles. The van der Waals surface area contributed by atoms with E-state index in [0.717, 1.165) is 43.8 Å². The third-order valence-corrected chi connectivity index (χ3v) is 3.32. The normalized spacial score (nSPS) is 18.7. The molecule has 0 saturated heterocycles. The van der Waals surface area contributed by atoms with Gasteiger partial charge in [0.25, 0.3) is 0 Å². The molecule has 1 atom stereocenters. The Morgan fingerprint density at radius 1 is 1.48 bits per heavy atom. The van der Waals surface area contributed by atoms with Gasteiger partial charge in [0, 0.05) is 24.0 Å². The number of hydrogen-bond donors (Lipinski definition) is 3. The minimum absolute atomic E-state index is 0.0190. The summed E-state index contributed by atoms with van der Waals surface area (Å²) in [6, 6.07) is 0. The molecule has 1 heterocycles. The van der Waals surface area contributed by atoms with Crippen LogP contribution in [0.5, 0.6) is 0 Å². The second-order valence-electron chi connectivity index (χ2n) is 6.76. The second-order valence-corrected chi connectivity index (χ2v) is 6.76. The molecule has 0 radical (unpaired) electrons. The molecule has 1 aliphatic heterocycles. The summed E-state index contributed by atoms with van der Waals surface area (Å²) < 4.78 is 5.65. The molecule has 0 spiro atoms. The molecule has 1 unspecified atom stereocenters. The first-order valence-corrected chi connectivity index (χ1v) is 8.62. The fourth-order valence-electron chi connectivity index (χ4n) is 2.40. The van der Waals surface area contributed by atoms with E-state index in [9.17, 15) is 0 Å². The first-order chi connectivity index (χ1) is 11.0. The van der Waals surface area contributed by atoms with E-state index in [1.165, 1.54) is 0 Å². The highest BCUT2D eigenvalue weighted by molar-refractivity contribution is 5.90. The van der Waals surface area contributed by atoms with Crippen molar-refractivity contribution in [3.05, 3.63) is 24.2 Å². The smallest absolute Gasteiger partial charge is 0.0991 e. The van der Waals surface area contributed by atoms with Gasteiger partial charge in [-0.25, -0.2) is 0 Å². The molecule has 3 N–H and O–H groups in total. The summed E-state index contributed by atoms with van der Waals surface area (Å²) in [7, 11) is 0. The zero-order chi connectivity index (χ0) is 17.1. The molecule has 1 aliphatic rings. The highest BCUT2D eigenvalue weighted by Gasteiger charge is 2.17. The Kier molecular flexibility index (Phi) is 8.95. The molecule has 0 aromatic heterocycles. The Balaban J connectivity index is 2.38. The van der Waals surface area contributed by atoms with Crippen molar-refractivity contribution in [3.8, 4) is 0 Å². The van der Waals surface area contributed by atoms with Crippen molar-refractivity contribution in [1.29, 1.82) is 0 Å². The minimum atomic E-state index is 0.0190. The average Bonchev–Trinajstić information content (AvgIpc) is 2.49. The van der Waals surface area contributed by atoms with E-state index in [-0.39, 0.29) is 18.2 Å². The van der Waals surface area contributed by atoms with Gasteiger partial charge in [-0.2, -0.15) is 0 Å². The number of ether oxygens (including phenoxy) is 1. The van der Waals surface area contributed by atoms with Gasteiger partial charge in [-0.15, -0.1) is 0 Å². The number of hydrogen-bond acceptors (Lipinski definition) is 5. The summed E-state index contributed by atoms with van der Waals surface area (Å²) in [5, 5.41) is 15.9. The van der Waals surface area contributed by atoms with Crippen molar-refractivity contribution in [3.63, 3.8) is 0 Å². The Bertz CT molecular complexity index is 422. The lowest BCUT2D eigenvalue weighted by molar-refractivity contribution is 0.0643. The van der Waals surface area contributed by atoms with Crippen molar-refractivity contribution in [2.75, 3.05) is 19.8 Å². The zero-order valence-corrected chi connectivity index (χ0v) is 15.1. The quantitative estimate of drug-likeness (QED) is 0.541. The Hall–Kier alpha value is -1.33. The van der Waals surface area contributed by atoms with Gasteiger partial charge in [0.15, 0.2) is 0 Å². The highest BCUT2D eigenvalue weighted by atomic mass is 16.5. The van der Waals surface area contributed by atoms with Gasteiger partial charge in [-0.3, -0.25) is 4.99 Å². The molecule has 0 aromatic carbocycles. The molecule has 1 rings (SSSR count). The summed E-state index contributed by atoms with van der Waals surface area (Å²) in [5.41, 5.74) is 1.13. The number of aliphatic hydroxyl groups is 1. The Morgan fingerprint density at radius 2 is 2.26 bits per heavy atom. The van der Waals surface area contributed by atoms with Crippen molar-refractivity contribution in [2.24, 2.45) is 4.99 Å². The van der Waals surface area contributed by atoms with E-state index in [4.69, 9.17) is 9.84 Å². The monoisotopic (exact) mass is 323 g/mol. The van der Waals surface area contributed by atoms with E-state index in [2.05, 4.69) is 49.4 Å². The van der Waals surface area contributed by atoms with Crippen molar-refractivity contribution < 1.29 is 9.84 Å². The maximum Gasteiger partial charge on any atom is 0.0991 e. The third kappa shape index (κ3) is 8.77. The van der Waals surface area contributed by atoms with Crippen LogP contribution in [0.2, 0.25) is 0 Å². The fourth-order valence-corrected chi connectivity index (χ4v) is 2.40. The van der Waals surface area contributed by atoms with E-state index < -0.39 is 0 Å². The second kappa shape index (κ2) is 10.4. The molecule has 23 heavy (non-hydrogen) atoms. The zero-order valence-electron chi connectivity index (χ0n) is 15.1. The van der Waals surface area contributed by atoms with Crippen LogP contribution in [-0.2, 0) is 4.74 Å². The van der Waals surface area contributed by atoms with Crippen LogP contribution in [-0.4, -0.2) is 42.2 Å². The number of aliphatic imine (C=N–C) groups is 1. The molecular weight excluding hydrogens is 290 g/mol. The maximum absolute atomic E-state index is 8.90. The molecule has 0 fully saturated rings. The number of allylic oxidation sites excluding steroid dienone is 1.